The lowest BCUT2D eigenvalue weighted by Gasteiger charge is -2.15. The van der Waals surface area contributed by atoms with E-state index in [1.165, 1.54) is 6.20 Å². The normalized spacial score (nSPS) is 14.1. The van der Waals surface area contributed by atoms with E-state index in [4.69, 9.17) is 0 Å². The molecule has 1 aromatic heterocycles. The fraction of sp³-hybridized carbons (Fsp3) is 0.231. The molecule has 5 rings (SSSR count). The van der Waals surface area contributed by atoms with Crippen molar-refractivity contribution in [2.24, 2.45) is 0 Å². The van der Waals surface area contributed by atoms with Crippen molar-refractivity contribution in [1.82, 2.24) is 9.47 Å². The molecule has 0 aliphatic carbocycles. The quantitative estimate of drug-likeness (QED) is 0.459. The molecule has 7 nitrogen and oxygen atoms in total. The molecule has 1 aliphatic heterocycles. The van der Waals surface area contributed by atoms with Crippen LogP contribution in [0.4, 0.5) is 5.69 Å². The lowest BCUT2D eigenvalue weighted by atomic mass is 10.1. The van der Waals surface area contributed by atoms with E-state index >= 15 is 0 Å². The SMILES string of the molecule is O=C(CS(=O)(=O)c1cn(CC(=O)N2CCCC2)c2ccccc12)Nc1cccc2ccccc12. The van der Waals surface area contributed by atoms with E-state index in [9.17, 15) is 18.0 Å². The first-order valence-corrected chi connectivity index (χ1v) is 12.9. The van der Waals surface area contributed by atoms with E-state index in [0.29, 0.717) is 16.6 Å². The summed E-state index contributed by atoms with van der Waals surface area (Å²) >= 11 is 0. The minimum absolute atomic E-state index is 0.0316. The van der Waals surface area contributed by atoms with E-state index in [1.807, 2.05) is 42.5 Å². The molecule has 3 aromatic carbocycles. The van der Waals surface area contributed by atoms with Gasteiger partial charge in [-0.05, 0) is 30.4 Å². The number of sulfone groups is 1. The molecule has 0 radical (unpaired) electrons. The summed E-state index contributed by atoms with van der Waals surface area (Å²) in [4.78, 5) is 27.3. The van der Waals surface area contributed by atoms with Crippen LogP contribution in [0, 0.1) is 0 Å². The summed E-state index contributed by atoms with van der Waals surface area (Å²) in [5, 5.41) is 5.05. The Kier molecular flexibility index (Phi) is 5.83. The Labute approximate surface area is 197 Å². The maximum atomic E-state index is 13.3. The second-order valence-electron chi connectivity index (χ2n) is 8.56. The molecule has 0 saturated carbocycles. The molecule has 8 heteroatoms. The van der Waals surface area contributed by atoms with Crippen LogP contribution in [-0.4, -0.2) is 48.5 Å². The molecule has 2 amide bonds. The predicted molar refractivity (Wildman–Crippen MR) is 132 cm³/mol. The molecular formula is C26H25N3O4S. The third-order valence-corrected chi connectivity index (χ3v) is 7.87. The second-order valence-corrected chi connectivity index (χ2v) is 10.5. The van der Waals surface area contributed by atoms with Gasteiger partial charge in [0.25, 0.3) is 0 Å². The van der Waals surface area contributed by atoms with Crippen LogP contribution in [-0.2, 0) is 26.0 Å². The van der Waals surface area contributed by atoms with Crippen molar-refractivity contribution < 1.29 is 18.0 Å². The van der Waals surface area contributed by atoms with E-state index in [0.717, 1.165) is 36.7 Å². The topological polar surface area (TPSA) is 88.5 Å². The number of rotatable bonds is 6. The van der Waals surface area contributed by atoms with Gasteiger partial charge < -0.3 is 14.8 Å². The van der Waals surface area contributed by atoms with Crippen LogP contribution in [0.5, 0.6) is 0 Å². The molecule has 1 N–H and O–H groups in total. The fourth-order valence-electron chi connectivity index (χ4n) is 4.58. The van der Waals surface area contributed by atoms with Gasteiger partial charge in [-0.15, -0.1) is 0 Å². The Morgan fingerprint density at radius 1 is 0.853 bits per heavy atom. The molecule has 1 aliphatic rings. The summed E-state index contributed by atoms with van der Waals surface area (Å²) < 4.78 is 28.3. The molecule has 1 fully saturated rings. The lowest BCUT2D eigenvalue weighted by Crippen LogP contribution is -2.30. The Hall–Kier alpha value is -3.65. The van der Waals surface area contributed by atoms with E-state index in [2.05, 4.69) is 5.32 Å². The summed E-state index contributed by atoms with van der Waals surface area (Å²) in [5.74, 6) is -1.33. The Balaban J connectivity index is 1.41. The minimum Gasteiger partial charge on any atom is -0.341 e. The van der Waals surface area contributed by atoms with Crippen molar-refractivity contribution in [2.45, 2.75) is 24.3 Å². The molecule has 1 saturated heterocycles. The maximum absolute atomic E-state index is 13.3. The summed E-state index contributed by atoms with van der Waals surface area (Å²) in [6.07, 6.45) is 3.46. The van der Waals surface area contributed by atoms with Crippen LogP contribution in [0.3, 0.4) is 0 Å². The van der Waals surface area contributed by atoms with E-state index < -0.39 is 21.5 Å². The molecule has 0 unspecified atom stereocenters. The fourth-order valence-corrected chi connectivity index (χ4v) is 5.94. The number of carbonyl (C=O) groups excluding carboxylic acids is 2. The predicted octanol–water partition coefficient (Wildman–Crippen LogP) is 3.83. The number of nitrogens with zero attached hydrogens (tertiary/aromatic N) is 2. The van der Waals surface area contributed by atoms with Crippen molar-refractivity contribution in [2.75, 3.05) is 24.2 Å². The molecule has 0 spiro atoms. The van der Waals surface area contributed by atoms with Gasteiger partial charge in [0.2, 0.25) is 11.8 Å². The standard InChI is InChI=1S/C26H25N3O4S/c30-25(27-22-12-7-9-19-8-1-2-10-20(19)22)18-34(32,33)24-16-29(23-13-4-3-11-21(23)24)17-26(31)28-14-5-6-15-28/h1-4,7-13,16H,5-6,14-15,17-18H2,(H,27,30). The first-order chi connectivity index (χ1) is 16.4. The van der Waals surface area contributed by atoms with Crippen LogP contribution in [0.15, 0.2) is 77.8 Å². The van der Waals surface area contributed by atoms with Crippen molar-refractivity contribution in [3.8, 4) is 0 Å². The zero-order chi connectivity index (χ0) is 23.7. The third-order valence-electron chi connectivity index (χ3n) is 6.24. The van der Waals surface area contributed by atoms with Gasteiger partial charge in [-0.3, -0.25) is 9.59 Å². The highest BCUT2D eigenvalue weighted by Crippen LogP contribution is 2.28. The molecule has 34 heavy (non-hydrogen) atoms. The van der Waals surface area contributed by atoms with Crippen LogP contribution in [0.25, 0.3) is 21.7 Å². The largest absolute Gasteiger partial charge is 0.341 e. The van der Waals surface area contributed by atoms with Crippen LogP contribution in [0.2, 0.25) is 0 Å². The van der Waals surface area contributed by atoms with Gasteiger partial charge in [-0.25, -0.2) is 8.42 Å². The highest BCUT2D eigenvalue weighted by molar-refractivity contribution is 7.92. The zero-order valence-electron chi connectivity index (χ0n) is 18.6. The summed E-state index contributed by atoms with van der Waals surface area (Å²) in [6.45, 7) is 1.54. The van der Waals surface area contributed by atoms with Gasteiger partial charge in [-0.2, -0.15) is 0 Å². The number of nitrogens with one attached hydrogen (secondary N) is 1. The van der Waals surface area contributed by atoms with Gasteiger partial charge in [-0.1, -0.05) is 54.6 Å². The highest BCUT2D eigenvalue weighted by Gasteiger charge is 2.26. The monoisotopic (exact) mass is 475 g/mol. The van der Waals surface area contributed by atoms with Crippen LogP contribution >= 0.6 is 0 Å². The lowest BCUT2D eigenvalue weighted by molar-refractivity contribution is -0.130. The number of para-hydroxylation sites is 1. The van der Waals surface area contributed by atoms with E-state index in [1.54, 1.807) is 33.7 Å². The first kappa shape index (κ1) is 22.2. The number of likely N-dealkylation sites (tertiary alicyclic amines) is 1. The number of carbonyl (C=O) groups is 2. The van der Waals surface area contributed by atoms with Gasteiger partial charge in [0.15, 0.2) is 9.84 Å². The molecule has 174 valence electrons. The second kappa shape index (κ2) is 8.95. The summed E-state index contributed by atoms with van der Waals surface area (Å²) in [7, 11) is -3.95. The van der Waals surface area contributed by atoms with Crippen molar-refractivity contribution in [3.05, 3.63) is 72.9 Å². The van der Waals surface area contributed by atoms with Crippen molar-refractivity contribution in [1.29, 1.82) is 0 Å². The van der Waals surface area contributed by atoms with Crippen molar-refractivity contribution >= 4 is 49.0 Å². The molecule has 0 atom stereocenters. The summed E-state index contributed by atoms with van der Waals surface area (Å²) in [5.41, 5.74) is 1.22. The number of benzene rings is 3. The number of anilines is 1. The number of fused-ring (bicyclic) bond motifs is 2. The first-order valence-electron chi connectivity index (χ1n) is 11.3. The molecule has 4 aromatic rings. The number of hydrogen-bond acceptors (Lipinski definition) is 4. The number of hydrogen-bond donors (Lipinski definition) is 1. The highest BCUT2D eigenvalue weighted by atomic mass is 32.2. The Bertz CT molecular complexity index is 1500. The molecule has 0 bridgehead atoms. The molecular weight excluding hydrogens is 450 g/mol. The van der Waals surface area contributed by atoms with Gasteiger partial charge >= 0.3 is 0 Å². The summed E-state index contributed by atoms with van der Waals surface area (Å²) in [6, 6.07) is 20.1. The van der Waals surface area contributed by atoms with Crippen molar-refractivity contribution in [3.63, 3.8) is 0 Å². The Morgan fingerprint density at radius 2 is 1.53 bits per heavy atom. The number of aromatic nitrogens is 1. The van der Waals surface area contributed by atoms with Gasteiger partial charge in [0.1, 0.15) is 12.3 Å². The average molecular weight is 476 g/mol. The van der Waals surface area contributed by atoms with Gasteiger partial charge in [0, 0.05) is 41.3 Å². The molecule has 2 heterocycles. The Morgan fingerprint density at radius 3 is 2.32 bits per heavy atom. The average Bonchev–Trinajstić information content (AvgIpc) is 3.48. The smallest absolute Gasteiger partial charge is 0.242 e. The minimum atomic E-state index is -3.95. The van der Waals surface area contributed by atoms with Crippen LogP contribution in [0.1, 0.15) is 12.8 Å². The maximum Gasteiger partial charge on any atom is 0.242 e. The van der Waals surface area contributed by atoms with E-state index in [-0.39, 0.29) is 17.3 Å². The van der Waals surface area contributed by atoms with Crippen LogP contribution < -0.4 is 5.32 Å². The third kappa shape index (κ3) is 4.28. The number of amides is 2. The zero-order valence-corrected chi connectivity index (χ0v) is 19.4. The van der Waals surface area contributed by atoms with Gasteiger partial charge in [0.05, 0.1) is 4.90 Å².